The van der Waals surface area contributed by atoms with Gasteiger partial charge in [0.05, 0.1) is 14.2 Å². The van der Waals surface area contributed by atoms with Crippen molar-refractivity contribution in [2.45, 2.75) is 26.7 Å². The Hall–Kier alpha value is -2.50. The number of amides is 1. The molecule has 6 heteroatoms. The van der Waals surface area contributed by atoms with E-state index in [0.29, 0.717) is 31.0 Å². The summed E-state index contributed by atoms with van der Waals surface area (Å²) in [6.07, 6.45) is 0.687. The number of carbonyl (C=O) groups is 2. The Morgan fingerprint density at radius 2 is 1.84 bits per heavy atom. The number of methoxy groups -OCH3 is 2. The molecule has 0 heterocycles. The SMILES string of the molecule is C=C(C)CN(CC)C(=O)COC(=O)CCc1ccc(OC)c(OC)c1. The molecule has 0 saturated heterocycles. The molecule has 1 aromatic carbocycles. The molecule has 0 aliphatic rings. The highest BCUT2D eigenvalue weighted by Crippen LogP contribution is 2.27. The van der Waals surface area contributed by atoms with Crippen LogP contribution in [-0.2, 0) is 20.7 Å². The van der Waals surface area contributed by atoms with Gasteiger partial charge in [-0.05, 0) is 38.0 Å². The van der Waals surface area contributed by atoms with E-state index < -0.39 is 5.97 Å². The zero-order valence-corrected chi connectivity index (χ0v) is 15.5. The van der Waals surface area contributed by atoms with Crippen LogP contribution in [0.2, 0.25) is 0 Å². The number of carbonyl (C=O) groups excluding carboxylic acids is 2. The molecule has 0 bridgehead atoms. The number of hydrogen-bond acceptors (Lipinski definition) is 5. The maximum absolute atomic E-state index is 12.0. The van der Waals surface area contributed by atoms with E-state index in [2.05, 4.69) is 6.58 Å². The van der Waals surface area contributed by atoms with E-state index in [1.54, 1.807) is 25.2 Å². The molecule has 1 rings (SSSR count). The van der Waals surface area contributed by atoms with E-state index >= 15 is 0 Å². The van der Waals surface area contributed by atoms with Gasteiger partial charge < -0.3 is 19.1 Å². The lowest BCUT2D eigenvalue weighted by atomic mass is 10.1. The Labute approximate surface area is 149 Å². The van der Waals surface area contributed by atoms with Gasteiger partial charge in [0.2, 0.25) is 0 Å². The monoisotopic (exact) mass is 349 g/mol. The van der Waals surface area contributed by atoms with Gasteiger partial charge in [-0.3, -0.25) is 9.59 Å². The van der Waals surface area contributed by atoms with Crippen molar-refractivity contribution in [1.82, 2.24) is 4.90 Å². The summed E-state index contributed by atoms with van der Waals surface area (Å²) in [6, 6.07) is 5.48. The second-order valence-corrected chi connectivity index (χ2v) is 5.72. The van der Waals surface area contributed by atoms with Crippen molar-refractivity contribution in [2.75, 3.05) is 33.9 Å². The lowest BCUT2D eigenvalue weighted by molar-refractivity contribution is -0.151. The molecule has 0 aliphatic carbocycles. The normalized spacial score (nSPS) is 10.1. The number of likely N-dealkylation sites (N-methyl/N-ethyl adjacent to an activating group) is 1. The van der Waals surface area contributed by atoms with Gasteiger partial charge in [0, 0.05) is 19.5 Å². The summed E-state index contributed by atoms with van der Waals surface area (Å²) in [5.41, 5.74) is 1.81. The number of aryl methyl sites for hydroxylation is 1. The zero-order valence-electron chi connectivity index (χ0n) is 15.5. The van der Waals surface area contributed by atoms with Crippen LogP contribution in [0.3, 0.4) is 0 Å². The molecule has 138 valence electrons. The Balaban J connectivity index is 2.47. The van der Waals surface area contributed by atoms with Crippen molar-refractivity contribution in [3.8, 4) is 11.5 Å². The first-order chi connectivity index (χ1) is 11.9. The number of esters is 1. The molecular formula is C19H27NO5. The minimum atomic E-state index is -0.408. The summed E-state index contributed by atoms with van der Waals surface area (Å²) in [6.45, 7) is 8.29. The van der Waals surface area contributed by atoms with Crippen molar-refractivity contribution < 1.29 is 23.8 Å². The Kier molecular flexibility index (Phi) is 8.53. The molecule has 0 fully saturated rings. The highest BCUT2D eigenvalue weighted by atomic mass is 16.5. The lowest BCUT2D eigenvalue weighted by Gasteiger charge is -2.20. The smallest absolute Gasteiger partial charge is 0.306 e. The molecule has 6 nitrogen and oxygen atoms in total. The van der Waals surface area contributed by atoms with Gasteiger partial charge >= 0.3 is 5.97 Å². The molecule has 1 aromatic rings. The molecule has 0 aromatic heterocycles. The van der Waals surface area contributed by atoms with E-state index in [1.807, 2.05) is 26.0 Å². The quantitative estimate of drug-likeness (QED) is 0.480. The van der Waals surface area contributed by atoms with E-state index in [4.69, 9.17) is 14.2 Å². The number of rotatable bonds is 10. The van der Waals surface area contributed by atoms with Gasteiger partial charge in [0.1, 0.15) is 0 Å². The fourth-order valence-electron chi connectivity index (χ4n) is 2.29. The molecular weight excluding hydrogens is 322 g/mol. The van der Waals surface area contributed by atoms with Crippen LogP contribution in [0, 0.1) is 0 Å². The third kappa shape index (κ3) is 6.87. The molecule has 0 N–H and O–H groups in total. The molecule has 0 unspecified atom stereocenters. The van der Waals surface area contributed by atoms with Gasteiger partial charge in [0.25, 0.3) is 5.91 Å². The first kappa shape index (κ1) is 20.5. The Morgan fingerprint density at radius 1 is 1.16 bits per heavy atom. The number of nitrogens with zero attached hydrogens (tertiary/aromatic N) is 1. The Morgan fingerprint density at radius 3 is 2.40 bits per heavy atom. The number of hydrogen-bond donors (Lipinski definition) is 0. The van der Waals surface area contributed by atoms with E-state index in [9.17, 15) is 9.59 Å². The van der Waals surface area contributed by atoms with Crippen LogP contribution >= 0.6 is 0 Å². The molecule has 25 heavy (non-hydrogen) atoms. The second kappa shape index (κ2) is 10.4. The summed E-state index contributed by atoms with van der Waals surface area (Å²) >= 11 is 0. The lowest BCUT2D eigenvalue weighted by Crippen LogP contribution is -2.35. The number of benzene rings is 1. The van der Waals surface area contributed by atoms with Gasteiger partial charge in [-0.2, -0.15) is 0 Å². The van der Waals surface area contributed by atoms with Crippen molar-refractivity contribution in [3.63, 3.8) is 0 Å². The summed E-state index contributed by atoms with van der Waals surface area (Å²) < 4.78 is 15.5. The minimum absolute atomic E-state index is 0.190. The summed E-state index contributed by atoms with van der Waals surface area (Å²) in [5, 5.41) is 0. The Bertz CT molecular complexity index is 612. The highest BCUT2D eigenvalue weighted by Gasteiger charge is 2.14. The zero-order chi connectivity index (χ0) is 18.8. The van der Waals surface area contributed by atoms with Crippen molar-refractivity contribution in [3.05, 3.63) is 35.9 Å². The predicted molar refractivity (Wildman–Crippen MR) is 95.9 cm³/mol. The molecule has 0 saturated carbocycles. The van der Waals surface area contributed by atoms with Crippen LogP contribution in [-0.4, -0.2) is 50.7 Å². The predicted octanol–water partition coefficient (Wildman–Crippen LogP) is 2.60. The average Bonchev–Trinajstić information content (AvgIpc) is 2.61. The fraction of sp³-hybridized carbons (Fsp3) is 0.474. The molecule has 0 spiro atoms. The van der Waals surface area contributed by atoms with Crippen LogP contribution in [0.25, 0.3) is 0 Å². The second-order valence-electron chi connectivity index (χ2n) is 5.72. The first-order valence-corrected chi connectivity index (χ1v) is 8.19. The number of ether oxygens (including phenoxy) is 3. The minimum Gasteiger partial charge on any atom is -0.493 e. The molecule has 1 amide bonds. The van der Waals surface area contributed by atoms with E-state index in [1.165, 1.54) is 0 Å². The van der Waals surface area contributed by atoms with Gasteiger partial charge in [-0.15, -0.1) is 0 Å². The van der Waals surface area contributed by atoms with Gasteiger partial charge in [-0.25, -0.2) is 0 Å². The van der Waals surface area contributed by atoms with Crippen molar-refractivity contribution in [1.29, 1.82) is 0 Å². The van der Waals surface area contributed by atoms with E-state index in [-0.39, 0.29) is 18.9 Å². The maximum atomic E-state index is 12.0. The van der Waals surface area contributed by atoms with Crippen LogP contribution in [0.15, 0.2) is 30.4 Å². The van der Waals surface area contributed by atoms with Crippen LogP contribution < -0.4 is 9.47 Å². The molecule has 0 atom stereocenters. The maximum Gasteiger partial charge on any atom is 0.306 e. The molecule has 0 aliphatic heterocycles. The van der Waals surface area contributed by atoms with Crippen LogP contribution in [0.5, 0.6) is 11.5 Å². The third-order valence-electron chi connectivity index (χ3n) is 3.62. The fourth-order valence-corrected chi connectivity index (χ4v) is 2.29. The van der Waals surface area contributed by atoms with Crippen molar-refractivity contribution >= 4 is 11.9 Å². The summed E-state index contributed by atoms with van der Waals surface area (Å²) in [4.78, 5) is 25.5. The van der Waals surface area contributed by atoms with Crippen LogP contribution in [0.1, 0.15) is 25.8 Å². The standard InChI is InChI=1S/C19H27NO5/c1-6-20(12-14(2)3)18(21)13-25-19(22)10-8-15-7-9-16(23-4)17(11-15)24-5/h7,9,11H,2,6,8,10,12-13H2,1,3-5H3. The van der Waals surface area contributed by atoms with Gasteiger partial charge in [0.15, 0.2) is 18.1 Å². The average molecular weight is 349 g/mol. The van der Waals surface area contributed by atoms with Crippen molar-refractivity contribution in [2.24, 2.45) is 0 Å². The largest absolute Gasteiger partial charge is 0.493 e. The van der Waals surface area contributed by atoms with Crippen LogP contribution in [0.4, 0.5) is 0 Å². The summed E-state index contributed by atoms with van der Waals surface area (Å²) in [7, 11) is 3.13. The third-order valence-corrected chi connectivity index (χ3v) is 3.62. The molecule has 0 radical (unpaired) electrons. The highest BCUT2D eigenvalue weighted by molar-refractivity contribution is 5.80. The topological polar surface area (TPSA) is 65.1 Å². The first-order valence-electron chi connectivity index (χ1n) is 8.19. The van der Waals surface area contributed by atoms with E-state index in [0.717, 1.165) is 11.1 Å². The van der Waals surface area contributed by atoms with Gasteiger partial charge in [-0.1, -0.05) is 18.2 Å². The summed E-state index contributed by atoms with van der Waals surface area (Å²) in [5.74, 6) is 0.623.